The highest BCUT2D eigenvalue weighted by atomic mass is 32.1. The van der Waals surface area contributed by atoms with Crippen molar-refractivity contribution in [2.24, 2.45) is 5.10 Å². The predicted octanol–water partition coefficient (Wildman–Crippen LogP) is 3.29. The number of hydrazone groups is 1. The Morgan fingerprint density at radius 3 is 2.52 bits per heavy atom. The molecule has 0 aliphatic carbocycles. The van der Waals surface area contributed by atoms with Gasteiger partial charge in [0.2, 0.25) is 0 Å². The van der Waals surface area contributed by atoms with Crippen LogP contribution < -0.4 is 10.2 Å². The standard InChI is InChI=1S/C24H22N4O4S/c1-3-32-23(29)24(15-25)21(17-8-6-16(2)7-9-17)22(20-5-4-14-33-20)26-27(24)18-10-12-19(13-11-18)28(30)31/h4-14,21,28,30H,3H2,1-2H3/t21-,24+/m0/s1. The van der Waals surface area contributed by atoms with Crippen molar-refractivity contribution in [2.75, 3.05) is 11.6 Å². The summed E-state index contributed by atoms with van der Waals surface area (Å²) in [6, 6.07) is 19.6. The van der Waals surface area contributed by atoms with Gasteiger partial charge < -0.3 is 9.94 Å². The molecule has 0 amide bonds. The second-order valence-corrected chi connectivity index (χ2v) is 8.52. The van der Waals surface area contributed by atoms with Gasteiger partial charge in [-0.2, -0.15) is 15.6 Å². The van der Waals surface area contributed by atoms with Crippen molar-refractivity contribution in [3.05, 3.63) is 87.3 Å². The largest absolute Gasteiger partial charge is 0.595 e. The third-order valence-corrected chi connectivity index (χ3v) is 6.43. The third-order valence-electron chi connectivity index (χ3n) is 5.53. The number of ether oxygens (including phenoxy) is 1. The van der Waals surface area contributed by atoms with Crippen LogP contribution in [0, 0.1) is 23.5 Å². The zero-order valence-corrected chi connectivity index (χ0v) is 18.9. The molecule has 2 N–H and O–H groups in total. The van der Waals surface area contributed by atoms with Crippen molar-refractivity contribution in [1.29, 1.82) is 5.26 Å². The molecule has 33 heavy (non-hydrogen) atoms. The van der Waals surface area contributed by atoms with Crippen LogP contribution in [0.2, 0.25) is 0 Å². The highest BCUT2D eigenvalue weighted by Gasteiger charge is 2.60. The van der Waals surface area contributed by atoms with E-state index in [1.54, 1.807) is 19.1 Å². The average molecular weight is 463 g/mol. The molecule has 0 radical (unpaired) electrons. The molecule has 4 rings (SSSR count). The lowest BCUT2D eigenvalue weighted by molar-refractivity contribution is -0.991. The van der Waals surface area contributed by atoms with Crippen molar-refractivity contribution in [3.63, 3.8) is 0 Å². The van der Waals surface area contributed by atoms with E-state index < -0.39 is 22.7 Å². The fourth-order valence-electron chi connectivity index (χ4n) is 3.95. The van der Waals surface area contributed by atoms with Crippen LogP contribution in [0.4, 0.5) is 11.4 Å². The molecule has 1 aliphatic heterocycles. The third kappa shape index (κ3) is 3.90. The normalized spacial score (nSPS) is 20.8. The van der Waals surface area contributed by atoms with Gasteiger partial charge in [0.1, 0.15) is 6.07 Å². The van der Waals surface area contributed by atoms with Gasteiger partial charge in [-0.25, -0.2) is 15.0 Å². The fourth-order valence-corrected chi connectivity index (χ4v) is 4.69. The molecule has 0 saturated heterocycles. The van der Waals surface area contributed by atoms with E-state index in [4.69, 9.17) is 9.84 Å². The number of thiophene rings is 1. The van der Waals surface area contributed by atoms with Crippen molar-refractivity contribution in [1.82, 2.24) is 0 Å². The van der Waals surface area contributed by atoms with Gasteiger partial charge in [0.15, 0.2) is 5.69 Å². The smallest absolute Gasteiger partial charge is 0.350 e. The molecular weight excluding hydrogens is 440 g/mol. The van der Waals surface area contributed by atoms with Crippen LogP contribution >= 0.6 is 11.3 Å². The van der Waals surface area contributed by atoms with Gasteiger partial charge in [0.05, 0.1) is 28.8 Å². The van der Waals surface area contributed by atoms with Gasteiger partial charge in [-0.1, -0.05) is 35.9 Å². The first-order valence-corrected chi connectivity index (χ1v) is 11.2. The van der Waals surface area contributed by atoms with Gasteiger partial charge in [0.25, 0.3) is 5.54 Å². The Labute approximate surface area is 195 Å². The Morgan fingerprint density at radius 2 is 1.97 bits per heavy atom. The van der Waals surface area contributed by atoms with Crippen LogP contribution in [0.15, 0.2) is 71.1 Å². The van der Waals surface area contributed by atoms with Crippen molar-refractivity contribution in [3.8, 4) is 6.07 Å². The maximum absolute atomic E-state index is 13.5. The zero-order valence-electron chi connectivity index (χ0n) is 18.1. The van der Waals surface area contributed by atoms with Crippen LogP contribution in [0.1, 0.15) is 28.8 Å². The van der Waals surface area contributed by atoms with Crippen LogP contribution in [0.3, 0.4) is 0 Å². The molecule has 0 fully saturated rings. The van der Waals surface area contributed by atoms with E-state index in [0.717, 1.165) is 16.0 Å². The van der Waals surface area contributed by atoms with Gasteiger partial charge in [0, 0.05) is 12.1 Å². The lowest BCUT2D eigenvalue weighted by atomic mass is 9.77. The van der Waals surface area contributed by atoms with E-state index in [1.807, 2.05) is 48.7 Å². The van der Waals surface area contributed by atoms with E-state index >= 15 is 0 Å². The first-order chi connectivity index (χ1) is 15.9. The number of nitrogens with zero attached hydrogens (tertiary/aromatic N) is 3. The fraction of sp³-hybridized carbons (Fsp3) is 0.208. The molecule has 1 aliphatic rings. The van der Waals surface area contributed by atoms with Crippen molar-refractivity contribution >= 4 is 34.4 Å². The van der Waals surface area contributed by atoms with E-state index in [-0.39, 0.29) is 12.3 Å². The molecule has 3 atom stereocenters. The first kappa shape index (κ1) is 22.6. The maximum Gasteiger partial charge on any atom is 0.350 e. The number of carbonyl (C=O) groups is 1. The maximum atomic E-state index is 13.5. The number of quaternary nitrogens is 1. The molecule has 2 aromatic carbocycles. The summed E-state index contributed by atoms with van der Waals surface area (Å²) >= 11 is 1.46. The molecule has 2 heterocycles. The Kier molecular flexibility index (Phi) is 6.26. The molecule has 0 saturated carbocycles. The number of esters is 1. The minimum absolute atomic E-state index is 0.0918. The number of carbonyl (C=O) groups excluding carboxylic acids is 1. The van der Waals surface area contributed by atoms with E-state index in [9.17, 15) is 20.5 Å². The summed E-state index contributed by atoms with van der Waals surface area (Å²) < 4.78 is 5.41. The number of anilines is 1. The van der Waals surface area contributed by atoms with Crippen molar-refractivity contribution in [2.45, 2.75) is 25.3 Å². The van der Waals surface area contributed by atoms with Gasteiger partial charge >= 0.3 is 5.97 Å². The van der Waals surface area contributed by atoms with Gasteiger partial charge in [-0.15, -0.1) is 11.3 Å². The van der Waals surface area contributed by atoms with E-state index in [2.05, 4.69) is 6.07 Å². The first-order valence-electron chi connectivity index (χ1n) is 10.3. The van der Waals surface area contributed by atoms with E-state index in [0.29, 0.717) is 11.4 Å². The molecule has 0 spiro atoms. The molecule has 9 heteroatoms. The number of benzene rings is 2. The summed E-state index contributed by atoms with van der Waals surface area (Å²) in [5.41, 5.74) is 1.08. The Hall–Kier alpha value is -3.55. The summed E-state index contributed by atoms with van der Waals surface area (Å²) in [6.07, 6.45) is 0. The second-order valence-electron chi connectivity index (χ2n) is 7.57. The van der Waals surface area contributed by atoms with Crippen LogP contribution in [0.5, 0.6) is 0 Å². The van der Waals surface area contributed by atoms with Crippen LogP contribution in [-0.2, 0) is 9.53 Å². The highest BCUT2D eigenvalue weighted by Crippen LogP contribution is 2.46. The molecule has 168 valence electrons. The molecular formula is C24H22N4O4S. The quantitative estimate of drug-likeness (QED) is 0.429. The van der Waals surface area contributed by atoms with E-state index in [1.165, 1.54) is 28.5 Å². The number of hydrogen-bond acceptors (Lipinski definition) is 8. The summed E-state index contributed by atoms with van der Waals surface area (Å²) in [6.45, 7) is 3.75. The Morgan fingerprint density at radius 1 is 1.27 bits per heavy atom. The van der Waals surface area contributed by atoms with Crippen LogP contribution in [0.25, 0.3) is 0 Å². The molecule has 1 unspecified atom stereocenters. The monoisotopic (exact) mass is 462 g/mol. The van der Waals surface area contributed by atoms with Gasteiger partial charge in [-0.05, 0) is 43.0 Å². The average Bonchev–Trinajstić information content (AvgIpc) is 3.46. The summed E-state index contributed by atoms with van der Waals surface area (Å²) in [7, 11) is 0. The summed E-state index contributed by atoms with van der Waals surface area (Å²) in [5, 5.41) is 38.1. The molecule has 8 nitrogen and oxygen atoms in total. The molecule has 3 aromatic rings. The van der Waals surface area contributed by atoms with Gasteiger partial charge in [-0.3, -0.25) is 0 Å². The highest BCUT2D eigenvalue weighted by molar-refractivity contribution is 7.12. The second kappa shape index (κ2) is 9.13. The molecule has 1 aromatic heterocycles. The predicted molar refractivity (Wildman–Crippen MR) is 124 cm³/mol. The van der Waals surface area contributed by atoms with Crippen molar-refractivity contribution < 1.29 is 20.0 Å². The number of hydrogen-bond donors (Lipinski definition) is 2. The lowest BCUT2D eigenvalue weighted by Crippen LogP contribution is -2.99. The summed E-state index contributed by atoms with van der Waals surface area (Å²) in [4.78, 5) is 14.3. The minimum Gasteiger partial charge on any atom is -0.595 e. The summed E-state index contributed by atoms with van der Waals surface area (Å²) in [5.74, 6) is -1.43. The number of rotatable bonds is 6. The Bertz CT molecular complexity index is 1200. The molecule has 0 bridgehead atoms. The number of nitrogens with one attached hydrogen (secondary N) is 1. The number of nitriles is 1. The minimum atomic E-state index is -1.81. The SMILES string of the molecule is CCOC(=O)[C@@]1(C#N)[C@@H](c2ccc(C)cc2)C(c2cccs2)=NN1c1ccc([NH+]([O-])O)cc1. The Balaban J connectivity index is 1.96. The van der Waals surface area contributed by atoms with Crippen LogP contribution in [-0.4, -0.2) is 29.0 Å². The zero-order chi connectivity index (χ0) is 23.6. The topological polar surface area (TPSA) is 113 Å². The number of aryl methyl sites for hydroxylation is 1. The lowest BCUT2D eigenvalue weighted by Gasteiger charge is -2.34.